The van der Waals surface area contributed by atoms with Crippen LogP contribution in [0.1, 0.15) is 24.0 Å². The molecule has 0 aliphatic carbocycles. The van der Waals surface area contributed by atoms with Gasteiger partial charge >= 0.3 is 0 Å². The van der Waals surface area contributed by atoms with Gasteiger partial charge in [-0.05, 0) is 25.3 Å². The summed E-state index contributed by atoms with van der Waals surface area (Å²) in [4.78, 5) is 0. The van der Waals surface area contributed by atoms with Crippen molar-refractivity contribution in [3.05, 3.63) is 35.4 Å². The van der Waals surface area contributed by atoms with Crippen molar-refractivity contribution in [3.63, 3.8) is 0 Å². The van der Waals surface area contributed by atoms with E-state index in [4.69, 9.17) is 5.73 Å². The van der Waals surface area contributed by atoms with Crippen LogP contribution >= 0.6 is 0 Å². The zero-order chi connectivity index (χ0) is 14.5. The summed E-state index contributed by atoms with van der Waals surface area (Å²) in [6.45, 7) is 2.23. The SMILES string of the molecule is Cc1ccc(C(CN)(CO)CCCS(C)(=O)=O)cc1. The Labute approximate surface area is 115 Å². The van der Waals surface area contributed by atoms with E-state index < -0.39 is 15.3 Å². The maximum Gasteiger partial charge on any atom is 0.147 e. The van der Waals surface area contributed by atoms with Crippen LogP contribution in [-0.4, -0.2) is 38.7 Å². The zero-order valence-corrected chi connectivity index (χ0v) is 12.4. The van der Waals surface area contributed by atoms with Crippen molar-refractivity contribution in [2.24, 2.45) is 5.73 Å². The third-order valence-electron chi connectivity index (χ3n) is 3.53. The van der Waals surface area contributed by atoms with Crippen molar-refractivity contribution in [2.45, 2.75) is 25.2 Å². The highest BCUT2D eigenvalue weighted by molar-refractivity contribution is 7.90. The van der Waals surface area contributed by atoms with E-state index in [0.29, 0.717) is 19.4 Å². The van der Waals surface area contributed by atoms with Gasteiger partial charge in [0.1, 0.15) is 9.84 Å². The quantitative estimate of drug-likeness (QED) is 0.783. The fourth-order valence-electron chi connectivity index (χ4n) is 2.18. The van der Waals surface area contributed by atoms with Gasteiger partial charge in [-0.2, -0.15) is 0 Å². The second-order valence-corrected chi connectivity index (χ2v) is 7.50. The Balaban J connectivity index is 2.87. The molecule has 0 aliphatic rings. The molecule has 0 bridgehead atoms. The normalized spacial score (nSPS) is 15.2. The topological polar surface area (TPSA) is 80.4 Å². The monoisotopic (exact) mass is 285 g/mol. The van der Waals surface area contributed by atoms with Crippen LogP contribution in [-0.2, 0) is 15.3 Å². The lowest BCUT2D eigenvalue weighted by atomic mass is 9.77. The van der Waals surface area contributed by atoms with Gasteiger partial charge in [0, 0.05) is 24.0 Å². The van der Waals surface area contributed by atoms with Crippen molar-refractivity contribution in [1.82, 2.24) is 0 Å². The van der Waals surface area contributed by atoms with E-state index in [1.54, 1.807) is 0 Å². The minimum Gasteiger partial charge on any atom is -0.395 e. The van der Waals surface area contributed by atoms with Crippen LogP contribution in [0.3, 0.4) is 0 Å². The third-order valence-corrected chi connectivity index (χ3v) is 4.56. The Bertz CT molecular complexity index is 490. The van der Waals surface area contributed by atoms with Crippen LogP contribution in [0.4, 0.5) is 0 Å². The number of benzene rings is 1. The Morgan fingerprint density at radius 3 is 2.26 bits per heavy atom. The first kappa shape index (κ1) is 16.1. The number of hydrogen-bond donors (Lipinski definition) is 2. The number of aliphatic hydroxyl groups is 1. The van der Waals surface area contributed by atoms with E-state index in [0.717, 1.165) is 11.1 Å². The van der Waals surface area contributed by atoms with E-state index in [9.17, 15) is 13.5 Å². The molecule has 0 heterocycles. The van der Waals surface area contributed by atoms with Crippen LogP contribution in [0.5, 0.6) is 0 Å². The molecule has 0 radical (unpaired) electrons. The van der Waals surface area contributed by atoms with Crippen LogP contribution in [0.2, 0.25) is 0 Å². The lowest BCUT2D eigenvalue weighted by molar-refractivity contribution is 0.187. The van der Waals surface area contributed by atoms with Crippen LogP contribution in [0.25, 0.3) is 0 Å². The van der Waals surface area contributed by atoms with Gasteiger partial charge < -0.3 is 10.8 Å². The predicted octanol–water partition coefficient (Wildman–Crippen LogP) is 1.01. The van der Waals surface area contributed by atoms with Crippen molar-refractivity contribution in [3.8, 4) is 0 Å². The van der Waals surface area contributed by atoms with E-state index in [2.05, 4.69) is 0 Å². The molecule has 0 amide bonds. The maximum absolute atomic E-state index is 11.2. The lowest BCUT2D eigenvalue weighted by Crippen LogP contribution is -2.39. The molecule has 0 fully saturated rings. The highest BCUT2D eigenvalue weighted by atomic mass is 32.2. The van der Waals surface area contributed by atoms with Crippen molar-refractivity contribution < 1.29 is 13.5 Å². The smallest absolute Gasteiger partial charge is 0.147 e. The maximum atomic E-state index is 11.2. The summed E-state index contributed by atoms with van der Waals surface area (Å²) in [5, 5.41) is 9.70. The number of rotatable bonds is 7. The summed E-state index contributed by atoms with van der Waals surface area (Å²) in [6.07, 6.45) is 2.29. The summed E-state index contributed by atoms with van der Waals surface area (Å²) >= 11 is 0. The van der Waals surface area contributed by atoms with Crippen molar-refractivity contribution >= 4 is 9.84 Å². The third kappa shape index (κ3) is 4.60. The molecule has 1 rings (SSSR count). The molecule has 4 nitrogen and oxygen atoms in total. The van der Waals surface area contributed by atoms with Gasteiger partial charge in [0.2, 0.25) is 0 Å². The van der Waals surface area contributed by atoms with Gasteiger partial charge in [-0.15, -0.1) is 0 Å². The minimum absolute atomic E-state index is 0.0731. The van der Waals surface area contributed by atoms with Gasteiger partial charge in [-0.3, -0.25) is 0 Å². The molecule has 108 valence electrons. The Hall–Kier alpha value is -0.910. The molecule has 0 aliphatic heterocycles. The lowest BCUT2D eigenvalue weighted by Gasteiger charge is -2.31. The average Bonchev–Trinajstić information content (AvgIpc) is 2.35. The Morgan fingerprint density at radius 1 is 1.26 bits per heavy atom. The number of aryl methyl sites for hydroxylation is 1. The average molecular weight is 285 g/mol. The summed E-state index contributed by atoms with van der Waals surface area (Å²) in [6, 6.07) is 7.87. The fourth-order valence-corrected chi connectivity index (χ4v) is 2.85. The second kappa shape index (κ2) is 6.50. The largest absolute Gasteiger partial charge is 0.395 e. The Morgan fingerprint density at radius 2 is 1.84 bits per heavy atom. The number of aliphatic hydroxyl groups excluding tert-OH is 1. The van der Waals surface area contributed by atoms with Crippen molar-refractivity contribution in [2.75, 3.05) is 25.2 Å². The zero-order valence-electron chi connectivity index (χ0n) is 11.6. The van der Waals surface area contributed by atoms with E-state index in [-0.39, 0.29) is 12.4 Å². The summed E-state index contributed by atoms with van der Waals surface area (Å²) in [5.74, 6) is 0.126. The molecule has 1 aromatic rings. The standard InChI is InChI=1S/C14H23NO3S/c1-12-4-6-13(7-5-12)14(10-15,11-16)8-3-9-19(2,17)18/h4-7,16H,3,8-11,15H2,1-2H3. The van der Waals surface area contributed by atoms with E-state index >= 15 is 0 Å². The first-order valence-corrected chi connectivity index (χ1v) is 8.45. The number of nitrogens with two attached hydrogens (primary N) is 1. The fraction of sp³-hybridized carbons (Fsp3) is 0.571. The van der Waals surface area contributed by atoms with Crippen LogP contribution in [0.15, 0.2) is 24.3 Å². The molecular weight excluding hydrogens is 262 g/mol. The molecule has 3 N–H and O–H groups in total. The van der Waals surface area contributed by atoms with Crippen LogP contribution < -0.4 is 5.73 Å². The molecule has 0 aromatic heterocycles. The van der Waals surface area contributed by atoms with Gasteiger partial charge in [0.15, 0.2) is 0 Å². The first-order valence-electron chi connectivity index (χ1n) is 6.39. The predicted molar refractivity (Wildman–Crippen MR) is 77.9 cm³/mol. The summed E-state index contributed by atoms with van der Waals surface area (Å²) < 4.78 is 22.4. The van der Waals surface area contributed by atoms with Gasteiger partial charge in [0.05, 0.1) is 6.61 Å². The Kier molecular flexibility index (Phi) is 5.52. The minimum atomic E-state index is -2.97. The summed E-state index contributed by atoms with van der Waals surface area (Å²) in [5.41, 5.74) is 7.40. The molecule has 1 aromatic carbocycles. The highest BCUT2D eigenvalue weighted by Gasteiger charge is 2.29. The molecule has 0 saturated carbocycles. The number of sulfone groups is 1. The van der Waals surface area contributed by atoms with E-state index in [1.165, 1.54) is 6.26 Å². The number of hydrogen-bond acceptors (Lipinski definition) is 4. The molecule has 0 spiro atoms. The molecule has 1 unspecified atom stereocenters. The van der Waals surface area contributed by atoms with Crippen molar-refractivity contribution in [1.29, 1.82) is 0 Å². The van der Waals surface area contributed by atoms with Gasteiger partial charge in [-0.1, -0.05) is 29.8 Å². The molecular formula is C14H23NO3S. The van der Waals surface area contributed by atoms with E-state index in [1.807, 2.05) is 31.2 Å². The molecule has 5 heteroatoms. The van der Waals surface area contributed by atoms with Gasteiger partial charge in [0.25, 0.3) is 0 Å². The van der Waals surface area contributed by atoms with Crippen LogP contribution in [0, 0.1) is 6.92 Å². The van der Waals surface area contributed by atoms with Gasteiger partial charge in [-0.25, -0.2) is 8.42 Å². The molecule has 1 atom stereocenters. The molecule has 19 heavy (non-hydrogen) atoms. The second-order valence-electron chi connectivity index (χ2n) is 5.24. The first-order chi connectivity index (χ1) is 8.83. The highest BCUT2D eigenvalue weighted by Crippen LogP contribution is 2.28. The summed E-state index contributed by atoms with van der Waals surface area (Å²) in [7, 11) is -2.97. The molecule has 0 saturated heterocycles.